The molecule has 2 N–H and O–H groups in total. The van der Waals surface area contributed by atoms with E-state index < -0.39 is 5.60 Å². The zero-order chi connectivity index (χ0) is 14.4. The Hall–Kier alpha value is -0.870. The van der Waals surface area contributed by atoms with Crippen LogP contribution >= 0.6 is 0 Å². The molecule has 1 heterocycles. The van der Waals surface area contributed by atoms with Gasteiger partial charge in [-0.1, -0.05) is 13.8 Å². The lowest BCUT2D eigenvalue weighted by molar-refractivity contribution is -0.00534. The third kappa shape index (κ3) is 4.06. The molecule has 0 saturated heterocycles. The van der Waals surface area contributed by atoms with Crippen LogP contribution in [0.2, 0.25) is 0 Å². The summed E-state index contributed by atoms with van der Waals surface area (Å²) < 4.78 is 2.18. The van der Waals surface area contributed by atoms with Gasteiger partial charge in [-0.25, -0.2) is 4.98 Å². The molecule has 2 rings (SSSR count). The fourth-order valence-electron chi connectivity index (χ4n) is 3.13. The lowest BCUT2D eigenvalue weighted by Gasteiger charge is -2.36. The molecule has 0 radical (unpaired) electrons. The second-order valence-electron chi connectivity index (χ2n) is 6.17. The van der Waals surface area contributed by atoms with E-state index in [9.17, 15) is 5.11 Å². The SMILES string of the molecule is CCCNC1CCC(O)(Cc2nccn2CCC)CC1. The normalized spacial score (nSPS) is 26.9. The molecule has 4 nitrogen and oxygen atoms in total. The Labute approximate surface area is 122 Å². The van der Waals surface area contributed by atoms with Crippen molar-refractivity contribution in [3.63, 3.8) is 0 Å². The van der Waals surface area contributed by atoms with Gasteiger partial charge in [-0.15, -0.1) is 0 Å². The van der Waals surface area contributed by atoms with Crippen molar-refractivity contribution in [1.29, 1.82) is 0 Å². The number of hydrogen-bond acceptors (Lipinski definition) is 3. The van der Waals surface area contributed by atoms with Crippen LogP contribution in [0.5, 0.6) is 0 Å². The molecular weight excluding hydrogens is 250 g/mol. The van der Waals surface area contributed by atoms with Crippen LogP contribution in [0.25, 0.3) is 0 Å². The van der Waals surface area contributed by atoms with E-state index in [1.54, 1.807) is 0 Å². The number of hydrogen-bond donors (Lipinski definition) is 2. The van der Waals surface area contributed by atoms with Gasteiger partial charge >= 0.3 is 0 Å². The quantitative estimate of drug-likeness (QED) is 0.806. The largest absolute Gasteiger partial charge is 0.389 e. The van der Waals surface area contributed by atoms with Crippen molar-refractivity contribution >= 4 is 0 Å². The molecule has 1 aromatic heterocycles. The van der Waals surface area contributed by atoms with Crippen LogP contribution in [0.3, 0.4) is 0 Å². The average Bonchev–Trinajstić information content (AvgIpc) is 2.86. The maximum absolute atomic E-state index is 10.8. The molecule has 0 aromatic carbocycles. The summed E-state index contributed by atoms with van der Waals surface area (Å²) in [5, 5.41) is 14.4. The zero-order valence-corrected chi connectivity index (χ0v) is 12.9. The van der Waals surface area contributed by atoms with Gasteiger partial charge in [-0.05, 0) is 45.1 Å². The molecule has 0 aliphatic heterocycles. The van der Waals surface area contributed by atoms with E-state index in [2.05, 4.69) is 28.7 Å². The number of nitrogens with zero attached hydrogens (tertiary/aromatic N) is 2. The molecule has 1 aliphatic rings. The minimum absolute atomic E-state index is 0.554. The summed E-state index contributed by atoms with van der Waals surface area (Å²) in [7, 11) is 0. The van der Waals surface area contributed by atoms with E-state index in [1.807, 2.05) is 12.4 Å². The molecule has 1 aromatic rings. The standard InChI is InChI=1S/C16H29N3O/c1-3-9-17-14-5-7-16(20,8-6-14)13-15-18-10-12-19(15)11-4-2/h10,12,14,17,20H,3-9,11,13H2,1-2H3. The second kappa shape index (κ2) is 7.23. The first kappa shape index (κ1) is 15.5. The molecule has 114 valence electrons. The molecule has 20 heavy (non-hydrogen) atoms. The van der Waals surface area contributed by atoms with E-state index in [4.69, 9.17) is 0 Å². The third-order valence-corrected chi connectivity index (χ3v) is 4.35. The highest BCUT2D eigenvalue weighted by Gasteiger charge is 2.34. The first-order valence-corrected chi connectivity index (χ1v) is 8.12. The van der Waals surface area contributed by atoms with Crippen LogP contribution in [-0.4, -0.2) is 32.8 Å². The highest BCUT2D eigenvalue weighted by atomic mass is 16.3. The number of aryl methyl sites for hydroxylation is 1. The van der Waals surface area contributed by atoms with Gasteiger partial charge in [0.25, 0.3) is 0 Å². The molecule has 1 fully saturated rings. The summed E-state index contributed by atoms with van der Waals surface area (Å²) in [4.78, 5) is 4.43. The minimum Gasteiger partial charge on any atom is -0.389 e. The molecule has 1 aliphatic carbocycles. The summed E-state index contributed by atoms with van der Waals surface area (Å²) in [5.41, 5.74) is -0.554. The maximum atomic E-state index is 10.8. The highest BCUT2D eigenvalue weighted by Crippen LogP contribution is 2.31. The molecule has 4 heteroatoms. The Morgan fingerprint density at radius 3 is 2.75 bits per heavy atom. The Kier molecular flexibility index (Phi) is 5.61. The van der Waals surface area contributed by atoms with Crippen LogP contribution in [0.4, 0.5) is 0 Å². The summed E-state index contributed by atoms with van der Waals surface area (Å²) in [6.07, 6.45) is 10.8. The van der Waals surface area contributed by atoms with Crippen molar-refractivity contribution in [2.45, 2.75) is 77.0 Å². The van der Waals surface area contributed by atoms with Crippen LogP contribution < -0.4 is 5.32 Å². The van der Waals surface area contributed by atoms with Gasteiger partial charge in [0.2, 0.25) is 0 Å². The van der Waals surface area contributed by atoms with Crippen molar-refractivity contribution in [2.75, 3.05) is 6.54 Å². The Morgan fingerprint density at radius 1 is 1.35 bits per heavy atom. The van der Waals surface area contributed by atoms with E-state index in [1.165, 1.54) is 6.42 Å². The fourth-order valence-corrected chi connectivity index (χ4v) is 3.13. The number of aliphatic hydroxyl groups is 1. The van der Waals surface area contributed by atoms with Crippen LogP contribution in [0.1, 0.15) is 58.2 Å². The predicted molar refractivity (Wildman–Crippen MR) is 81.7 cm³/mol. The van der Waals surface area contributed by atoms with E-state index >= 15 is 0 Å². The Morgan fingerprint density at radius 2 is 2.10 bits per heavy atom. The number of aromatic nitrogens is 2. The summed E-state index contributed by atoms with van der Waals surface area (Å²) in [6.45, 7) is 6.44. The molecule has 0 bridgehead atoms. The van der Waals surface area contributed by atoms with E-state index in [0.29, 0.717) is 12.5 Å². The van der Waals surface area contributed by atoms with Crippen molar-refractivity contribution in [1.82, 2.24) is 14.9 Å². The molecule has 0 amide bonds. The highest BCUT2D eigenvalue weighted by molar-refractivity contribution is 5.01. The number of rotatable bonds is 7. The van der Waals surface area contributed by atoms with Gasteiger partial charge in [-0.2, -0.15) is 0 Å². The Balaban J connectivity index is 1.88. The number of nitrogens with one attached hydrogen (secondary N) is 1. The molecular formula is C16H29N3O. The van der Waals surface area contributed by atoms with Crippen molar-refractivity contribution in [2.24, 2.45) is 0 Å². The third-order valence-electron chi connectivity index (χ3n) is 4.35. The lowest BCUT2D eigenvalue weighted by Crippen LogP contribution is -2.43. The van der Waals surface area contributed by atoms with Gasteiger partial charge in [-0.3, -0.25) is 0 Å². The predicted octanol–water partition coefficient (Wildman–Crippen LogP) is 2.51. The van der Waals surface area contributed by atoms with Crippen molar-refractivity contribution in [3.05, 3.63) is 18.2 Å². The van der Waals surface area contributed by atoms with Gasteiger partial charge < -0.3 is 15.0 Å². The summed E-state index contributed by atoms with van der Waals surface area (Å²) in [5.74, 6) is 1.04. The van der Waals surface area contributed by atoms with Crippen molar-refractivity contribution in [3.8, 4) is 0 Å². The number of imidazole rings is 1. The van der Waals surface area contributed by atoms with Gasteiger partial charge in [0.15, 0.2) is 0 Å². The molecule has 0 atom stereocenters. The van der Waals surface area contributed by atoms with Crippen LogP contribution in [0.15, 0.2) is 12.4 Å². The maximum Gasteiger partial charge on any atom is 0.111 e. The van der Waals surface area contributed by atoms with Gasteiger partial charge in [0.1, 0.15) is 5.82 Å². The fraction of sp³-hybridized carbons (Fsp3) is 0.812. The smallest absolute Gasteiger partial charge is 0.111 e. The first-order valence-electron chi connectivity index (χ1n) is 8.12. The van der Waals surface area contributed by atoms with E-state index in [-0.39, 0.29) is 0 Å². The minimum atomic E-state index is -0.554. The van der Waals surface area contributed by atoms with Crippen molar-refractivity contribution < 1.29 is 5.11 Å². The summed E-state index contributed by atoms with van der Waals surface area (Å²) >= 11 is 0. The van der Waals surface area contributed by atoms with E-state index in [0.717, 1.165) is 51.0 Å². The first-order chi connectivity index (χ1) is 9.67. The van der Waals surface area contributed by atoms with Gasteiger partial charge in [0.05, 0.1) is 5.60 Å². The lowest BCUT2D eigenvalue weighted by atomic mass is 9.80. The Bertz CT molecular complexity index is 394. The van der Waals surface area contributed by atoms with Crippen LogP contribution in [0, 0.1) is 0 Å². The average molecular weight is 279 g/mol. The molecule has 0 unspecified atom stereocenters. The summed E-state index contributed by atoms with van der Waals surface area (Å²) in [6, 6.07) is 0.589. The monoisotopic (exact) mass is 279 g/mol. The topological polar surface area (TPSA) is 50.1 Å². The van der Waals surface area contributed by atoms with Gasteiger partial charge in [0, 0.05) is 31.4 Å². The molecule has 1 saturated carbocycles. The molecule has 0 spiro atoms. The zero-order valence-electron chi connectivity index (χ0n) is 12.9. The van der Waals surface area contributed by atoms with Crippen LogP contribution in [-0.2, 0) is 13.0 Å². The second-order valence-corrected chi connectivity index (χ2v) is 6.17.